The van der Waals surface area contributed by atoms with Gasteiger partial charge in [0, 0.05) is 33.6 Å². The standard InChI is InChI=1S/C13H11ClN2O/c1-8-10(3-2-6-15)13(17)11-7-9(14)4-5-12(11)16-8/h4-5,7H,2-3H2,1H3,(H,16,17). The predicted octanol–water partition coefficient (Wildman–Crippen LogP) is 2.95. The SMILES string of the molecule is Cc1[nH]c2ccc(Cl)cc2c(=O)c1CCC#N. The highest BCUT2D eigenvalue weighted by Gasteiger charge is 2.09. The van der Waals surface area contributed by atoms with Gasteiger partial charge in [-0.05, 0) is 31.5 Å². The van der Waals surface area contributed by atoms with Crippen LogP contribution in [0.5, 0.6) is 0 Å². The number of aromatic amines is 1. The molecule has 0 amide bonds. The van der Waals surface area contributed by atoms with Gasteiger partial charge in [0.1, 0.15) is 0 Å². The number of hydrogen-bond donors (Lipinski definition) is 1. The third-order valence-corrected chi connectivity index (χ3v) is 3.00. The van der Waals surface area contributed by atoms with Crippen molar-refractivity contribution in [2.24, 2.45) is 0 Å². The average Bonchev–Trinajstić information content (AvgIpc) is 2.30. The Morgan fingerprint density at radius 2 is 2.24 bits per heavy atom. The van der Waals surface area contributed by atoms with Crippen molar-refractivity contribution in [3.8, 4) is 6.07 Å². The van der Waals surface area contributed by atoms with Crippen LogP contribution in [0.15, 0.2) is 23.0 Å². The number of nitrogens with one attached hydrogen (secondary N) is 1. The van der Waals surface area contributed by atoms with Crippen molar-refractivity contribution < 1.29 is 0 Å². The van der Waals surface area contributed by atoms with E-state index in [9.17, 15) is 4.79 Å². The Kier molecular flexibility index (Phi) is 3.16. The van der Waals surface area contributed by atoms with Crippen LogP contribution in [-0.4, -0.2) is 4.98 Å². The number of hydrogen-bond acceptors (Lipinski definition) is 2. The molecule has 4 heteroatoms. The molecule has 0 spiro atoms. The van der Waals surface area contributed by atoms with E-state index < -0.39 is 0 Å². The van der Waals surface area contributed by atoms with Gasteiger partial charge in [-0.2, -0.15) is 5.26 Å². The lowest BCUT2D eigenvalue weighted by Gasteiger charge is -2.06. The van der Waals surface area contributed by atoms with Crippen LogP contribution in [-0.2, 0) is 6.42 Å². The summed E-state index contributed by atoms with van der Waals surface area (Å²) in [7, 11) is 0. The van der Waals surface area contributed by atoms with Gasteiger partial charge >= 0.3 is 0 Å². The number of nitrogens with zero attached hydrogens (tertiary/aromatic N) is 1. The van der Waals surface area contributed by atoms with Crippen molar-refractivity contribution in [1.82, 2.24) is 4.98 Å². The number of aromatic nitrogens is 1. The molecule has 1 heterocycles. The van der Waals surface area contributed by atoms with Crippen molar-refractivity contribution in [3.63, 3.8) is 0 Å². The average molecular weight is 247 g/mol. The number of nitriles is 1. The van der Waals surface area contributed by atoms with E-state index in [2.05, 4.69) is 11.1 Å². The molecule has 0 aliphatic heterocycles. The smallest absolute Gasteiger partial charge is 0.192 e. The molecule has 86 valence electrons. The maximum absolute atomic E-state index is 12.2. The van der Waals surface area contributed by atoms with Crippen LogP contribution in [0.3, 0.4) is 0 Å². The van der Waals surface area contributed by atoms with Gasteiger partial charge < -0.3 is 4.98 Å². The van der Waals surface area contributed by atoms with Gasteiger partial charge in [0.05, 0.1) is 6.07 Å². The number of benzene rings is 1. The van der Waals surface area contributed by atoms with E-state index in [1.165, 1.54) is 0 Å². The van der Waals surface area contributed by atoms with Crippen LogP contribution in [0.4, 0.5) is 0 Å². The third-order valence-electron chi connectivity index (χ3n) is 2.76. The van der Waals surface area contributed by atoms with E-state index in [0.717, 1.165) is 11.2 Å². The largest absolute Gasteiger partial charge is 0.358 e. The lowest BCUT2D eigenvalue weighted by atomic mass is 10.0. The predicted molar refractivity (Wildman–Crippen MR) is 68.2 cm³/mol. The van der Waals surface area contributed by atoms with E-state index in [4.69, 9.17) is 16.9 Å². The summed E-state index contributed by atoms with van der Waals surface area (Å²) >= 11 is 5.88. The first-order valence-electron chi connectivity index (χ1n) is 5.31. The molecule has 3 nitrogen and oxygen atoms in total. The highest BCUT2D eigenvalue weighted by Crippen LogP contribution is 2.17. The molecule has 2 rings (SSSR count). The number of halogens is 1. The Morgan fingerprint density at radius 1 is 1.47 bits per heavy atom. The molecule has 1 aromatic carbocycles. The van der Waals surface area contributed by atoms with E-state index in [0.29, 0.717) is 28.8 Å². The van der Waals surface area contributed by atoms with Gasteiger partial charge in [-0.1, -0.05) is 11.6 Å². The minimum absolute atomic E-state index is 0.0333. The van der Waals surface area contributed by atoms with E-state index in [1.54, 1.807) is 18.2 Å². The summed E-state index contributed by atoms with van der Waals surface area (Å²) in [5.41, 5.74) is 2.23. The summed E-state index contributed by atoms with van der Waals surface area (Å²) in [6, 6.07) is 7.25. The van der Waals surface area contributed by atoms with Crippen molar-refractivity contribution in [2.45, 2.75) is 19.8 Å². The summed E-state index contributed by atoms with van der Waals surface area (Å²) in [5.74, 6) is 0. The van der Waals surface area contributed by atoms with Gasteiger partial charge in [-0.15, -0.1) is 0 Å². The van der Waals surface area contributed by atoms with Gasteiger partial charge in [0.15, 0.2) is 5.43 Å². The number of H-pyrrole nitrogens is 1. The highest BCUT2D eigenvalue weighted by atomic mass is 35.5. The Hall–Kier alpha value is -1.79. The molecule has 0 aliphatic rings. The van der Waals surface area contributed by atoms with Crippen LogP contribution in [0.2, 0.25) is 5.02 Å². The van der Waals surface area contributed by atoms with Gasteiger partial charge in [-0.25, -0.2) is 0 Å². The van der Waals surface area contributed by atoms with Crippen molar-refractivity contribution in [3.05, 3.63) is 44.7 Å². The Bertz CT molecular complexity index is 667. The fraction of sp³-hybridized carbons (Fsp3) is 0.231. The lowest BCUT2D eigenvalue weighted by Crippen LogP contribution is -2.13. The van der Waals surface area contributed by atoms with Crippen LogP contribution in [0.25, 0.3) is 10.9 Å². The maximum Gasteiger partial charge on any atom is 0.192 e. The fourth-order valence-electron chi connectivity index (χ4n) is 1.91. The van der Waals surface area contributed by atoms with Gasteiger partial charge in [-0.3, -0.25) is 4.79 Å². The van der Waals surface area contributed by atoms with Crippen LogP contribution < -0.4 is 5.43 Å². The minimum Gasteiger partial charge on any atom is -0.358 e. The molecule has 0 saturated heterocycles. The molecule has 0 bridgehead atoms. The number of pyridine rings is 1. The second kappa shape index (κ2) is 4.60. The molecule has 1 N–H and O–H groups in total. The first-order chi connectivity index (χ1) is 8.13. The van der Waals surface area contributed by atoms with Crippen molar-refractivity contribution in [2.75, 3.05) is 0 Å². The molecule has 2 aromatic rings. The Balaban J connectivity index is 2.70. The summed E-state index contributed by atoms with van der Waals surface area (Å²) in [5, 5.41) is 9.70. The summed E-state index contributed by atoms with van der Waals surface area (Å²) in [6.45, 7) is 1.85. The Morgan fingerprint density at radius 3 is 2.94 bits per heavy atom. The van der Waals surface area contributed by atoms with E-state index in [-0.39, 0.29) is 5.43 Å². The summed E-state index contributed by atoms with van der Waals surface area (Å²) in [4.78, 5) is 15.4. The van der Waals surface area contributed by atoms with Crippen molar-refractivity contribution >= 4 is 22.5 Å². The zero-order valence-electron chi connectivity index (χ0n) is 9.38. The van der Waals surface area contributed by atoms with Gasteiger partial charge in [0.2, 0.25) is 0 Å². The van der Waals surface area contributed by atoms with Crippen molar-refractivity contribution in [1.29, 1.82) is 5.26 Å². The second-order valence-corrected chi connectivity index (χ2v) is 4.34. The molecule has 0 aliphatic carbocycles. The fourth-order valence-corrected chi connectivity index (χ4v) is 2.08. The molecule has 0 fully saturated rings. The molecule has 17 heavy (non-hydrogen) atoms. The van der Waals surface area contributed by atoms with Gasteiger partial charge in [0.25, 0.3) is 0 Å². The first-order valence-corrected chi connectivity index (χ1v) is 5.69. The molecular formula is C13H11ClN2O. The molecule has 0 unspecified atom stereocenters. The molecule has 0 radical (unpaired) electrons. The molecule has 0 atom stereocenters. The van der Waals surface area contributed by atoms with E-state index in [1.807, 2.05) is 6.92 Å². The van der Waals surface area contributed by atoms with Crippen LogP contribution in [0, 0.1) is 18.3 Å². The Labute approximate surface area is 104 Å². The number of fused-ring (bicyclic) bond motifs is 1. The highest BCUT2D eigenvalue weighted by molar-refractivity contribution is 6.31. The first kappa shape index (κ1) is 11.7. The zero-order valence-corrected chi connectivity index (χ0v) is 10.1. The number of aryl methyl sites for hydroxylation is 1. The third kappa shape index (κ3) is 2.17. The summed E-state index contributed by atoms with van der Waals surface area (Å²) in [6.07, 6.45) is 0.816. The number of rotatable bonds is 2. The molecular weight excluding hydrogens is 236 g/mol. The molecule has 0 saturated carbocycles. The molecule has 1 aromatic heterocycles. The quantitative estimate of drug-likeness (QED) is 0.886. The lowest BCUT2D eigenvalue weighted by molar-refractivity contribution is 0.967. The summed E-state index contributed by atoms with van der Waals surface area (Å²) < 4.78 is 0. The van der Waals surface area contributed by atoms with E-state index >= 15 is 0 Å². The monoisotopic (exact) mass is 246 g/mol. The van der Waals surface area contributed by atoms with Crippen LogP contribution >= 0.6 is 11.6 Å². The normalized spacial score (nSPS) is 10.4. The maximum atomic E-state index is 12.2. The van der Waals surface area contributed by atoms with Crippen LogP contribution in [0.1, 0.15) is 17.7 Å². The second-order valence-electron chi connectivity index (χ2n) is 3.91. The zero-order chi connectivity index (χ0) is 12.4. The minimum atomic E-state index is -0.0333. The topological polar surface area (TPSA) is 56.6 Å².